The molecule has 24 heavy (non-hydrogen) atoms. The fourth-order valence-corrected chi connectivity index (χ4v) is 4.03. The van der Waals surface area contributed by atoms with Crippen LogP contribution in [0.5, 0.6) is 0 Å². The van der Waals surface area contributed by atoms with Crippen LogP contribution < -0.4 is 10.6 Å². The van der Waals surface area contributed by atoms with E-state index in [4.69, 9.17) is 4.52 Å². The quantitative estimate of drug-likeness (QED) is 0.857. The number of hydrogen-bond donors (Lipinski definition) is 2. The second-order valence-corrected chi connectivity index (χ2v) is 7.86. The molecule has 132 valence electrons. The SMILES string of the molecule is CC1CN(CC2CCNCC2)CC1NC(=O)c1cc(C2CC2)on1. The molecule has 2 unspecified atom stereocenters. The van der Waals surface area contributed by atoms with E-state index < -0.39 is 0 Å². The largest absolute Gasteiger partial charge is 0.360 e. The summed E-state index contributed by atoms with van der Waals surface area (Å²) in [7, 11) is 0. The predicted octanol–water partition coefficient (Wildman–Crippen LogP) is 1.60. The Hall–Kier alpha value is -1.40. The van der Waals surface area contributed by atoms with Crippen LogP contribution in [-0.4, -0.2) is 54.7 Å². The Labute approximate surface area is 143 Å². The van der Waals surface area contributed by atoms with E-state index in [0.717, 1.165) is 57.2 Å². The molecule has 1 aliphatic carbocycles. The molecule has 1 aromatic heterocycles. The van der Waals surface area contributed by atoms with Crippen molar-refractivity contribution in [3.8, 4) is 0 Å². The van der Waals surface area contributed by atoms with Crippen molar-refractivity contribution in [1.29, 1.82) is 0 Å². The third kappa shape index (κ3) is 3.64. The van der Waals surface area contributed by atoms with E-state index in [1.807, 2.05) is 6.07 Å². The summed E-state index contributed by atoms with van der Waals surface area (Å²) >= 11 is 0. The lowest BCUT2D eigenvalue weighted by atomic mass is 9.98. The normalized spacial score (nSPS) is 29.0. The first-order valence-corrected chi connectivity index (χ1v) is 9.39. The summed E-state index contributed by atoms with van der Waals surface area (Å²) in [5.41, 5.74) is 0.431. The molecule has 0 aromatic carbocycles. The number of hydrogen-bond acceptors (Lipinski definition) is 5. The van der Waals surface area contributed by atoms with E-state index in [1.165, 1.54) is 12.8 Å². The Morgan fingerprint density at radius 3 is 2.88 bits per heavy atom. The van der Waals surface area contributed by atoms with Crippen molar-refractivity contribution < 1.29 is 9.32 Å². The van der Waals surface area contributed by atoms with Crippen LogP contribution in [0, 0.1) is 11.8 Å². The van der Waals surface area contributed by atoms with Gasteiger partial charge in [0.2, 0.25) is 0 Å². The maximum atomic E-state index is 12.4. The summed E-state index contributed by atoms with van der Waals surface area (Å²) in [6, 6.07) is 2.03. The van der Waals surface area contributed by atoms with Crippen LogP contribution in [-0.2, 0) is 0 Å². The summed E-state index contributed by atoms with van der Waals surface area (Å²) < 4.78 is 5.30. The van der Waals surface area contributed by atoms with Gasteiger partial charge in [-0.15, -0.1) is 0 Å². The van der Waals surface area contributed by atoms with Gasteiger partial charge in [0.1, 0.15) is 5.76 Å². The van der Waals surface area contributed by atoms with Crippen molar-refractivity contribution in [2.75, 3.05) is 32.7 Å². The maximum Gasteiger partial charge on any atom is 0.273 e. The molecule has 0 bridgehead atoms. The lowest BCUT2D eigenvalue weighted by Crippen LogP contribution is -2.41. The zero-order chi connectivity index (χ0) is 16.5. The lowest BCUT2D eigenvalue weighted by molar-refractivity contribution is 0.0921. The first-order chi connectivity index (χ1) is 11.7. The van der Waals surface area contributed by atoms with Crippen molar-refractivity contribution in [2.24, 2.45) is 11.8 Å². The molecule has 1 aromatic rings. The molecule has 2 atom stereocenters. The molecule has 0 spiro atoms. The molecule has 2 saturated heterocycles. The second-order valence-electron chi connectivity index (χ2n) is 7.86. The molecule has 1 amide bonds. The van der Waals surface area contributed by atoms with Crippen molar-refractivity contribution in [1.82, 2.24) is 20.7 Å². The highest BCUT2D eigenvalue weighted by Crippen LogP contribution is 2.40. The third-order valence-electron chi connectivity index (χ3n) is 5.72. The smallest absolute Gasteiger partial charge is 0.273 e. The van der Waals surface area contributed by atoms with Crippen molar-refractivity contribution in [3.63, 3.8) is 0 Å². The molecule has 3 heterocycles. The molecular weight excluding hydrogens is 304 g/mol. The second kappa shape index (κ2) is 6.84. The monoisotopic (exact) mass is 332 g/mol. The molecule has 1 saturated carbocycles. The number of likely N-dealkylation sites (tertiary alicyclic amines) is 1. The van der Waals surface area contributed by atoms with Crippen molar-refractivity contribution >= 4 is 5.91 Å². The Balaban J connectivity index is 1.29. The van der Waals surface area contributed by atoms with Gasteiger partial charge in [0.15, 0.2) is 5.69 Å². The van der Waals surface area contributed by atoms with Gasteiger partial charge in [-0.1, -0.05) is 12.1 Å². The Morgan fingerprint density at radius 1 is 1.33 bits per heavy atom. The molecule has 2 aliphatic heterocycles. The summed E-state index contributed by atoms with van der Waals surface area (Å²) in [6.45, 7) is 7.69. The molecule has 2 N–H and O–H groups in total. The number of aromatic nitrogens is 1. The van der Waals surface area contributed by atoms with Gasteiger partial charge in [-0.2, -0.15) is 0 Å². The summed E-state index contributed by atoms with van der Waals surface area (Å²) in [4.78, 5) is 15.0. The Morgan fingerprint density at radius 2 is 2.12 bits per heavy atom. The minimum absolute atomic E-state index is 0.0915. The van der Waals surface area contributed by atoms with Gasteiger partial charge in [0, 0.05) is 37.7 Å². The molecule has 6 heteroatoms. The van der Waals surface area contributed by atoms with Crippen LogP contribution in [0.2, 0.25) is 0 Å². The van der Waals surface area contributed by atoms with E-state index in [1.54, 1.807) is 0 Å². The average Bonchev–Trinajstić information content (AvgIpc) is 3.21. The third-order valence-corrected chi connectivity index (χ3v) is 5.72. The number of nitrogens with one attached hydrogen (secondary N) is 2. The lowest BCUT2D eigenvalue weighted by Gasteiger charge is -2.27. The minimum Gasteiger partial charge on any atom is -0.360 e. The van der Waals surface area contributed by atoms with Gasteiger partial charge in [-0.3, -0.25) is 4.79 Å². The van der Waals surface area contributed by atoms with Crippen molar-refractivity contribution in [2.45, 2.75) is 44.6 Å². The summed E-state index contributed by atoms with van der Waals surface area (Å²) in [5.74, 6) is 2.54. The highest BCUT2D eigenvalue weighted by Gasteiger charge is 2.33. The average molecular weight is 332 g/mol. The zero-order valence-corrected chi connectivity index (χ0v) is 14.5. The van der Waals surface area contributed by atoms with E-state index >= 15 is 0 Å². The first kappa shape index (κ1) is 16.1. The number of amides is 1. The van der Waals surface area contributed by atoms with Gasteiger partial charge in [0.05, 0.1) is 0 Å². The van der Waals surface area contributed by atoms with E-state index in [2.05, 4.69) is 27.6 Å². The number of carbonyl (C=O) groups excluding carboxylic acids is 1. The molecular formula is C18H28N4O2. The molecule has 3 fully saturated rings. The number of carbonyl (C=O) groups is 1. The summed E-state index contributed by atoms with van der Waals surface area (Å²) in [6.07, 6.45) is 4.85. The molecule has 3 aliphatic rings. The zero-order valence-electron chi connectivity index (χ0n) is 14.5. The van der Waals surface area contributed by atoms with Crippen LogP contribution in [0.4, 0.5) is 0 Å². The number of piperidine rings is 1. The minimum atomic E-state index is -0.0915. The van der Waals surface area contributed by atoms with Gasteiger partial charge >= 0.3 is 0 Å². The molecule has 6 nitrogen and oxygen atoms in total. The highest BCUT2D eigenvalue weighted by atomic mass is 16.5. The first-order valence-electron chi connectivity index (χ1n) is 9.39. The maximum absolute atomic E-state index is 12.4. The Kier molecular flexibility index (Phi) is 4.59. The fourth-order valence-electron chi connectivity index (χ4n) is 4.03. The van der Waals surface area contributed by atoms with E-state index in [9.17, 15) is 4.79 Å². The molecule has 0 radical (unpaired) electrons. The van der Waals surface area contributed by atoms with Gasteiger partial charge in [0.25, 0.3) is 5.91 Å². The number of rotatable bonds is 5. The van der Waals surface area contributed by atoms with Crippen molar-refractivity contribution in [3.05, 3.63) is 17.5 Å². The van der Waals surface area contributed by atoms with Crippen LogP contribution in [0.3, 0.4) is 0 Å². The molecule has 4 rings (SSSR count). The van der Waals surface area contributed by atoms with Gasteiger partial charge < -0.3 is 20.1 Å². The number of nitrogens with zero attached hydrogens (tertiary/aromatic N) is 2. The highest BCUT2D eigenvalue weighted by molar-refractivity contribution is 5.92. The fraction of sp³-hybridized carbons (Fsp3) is 0.778. The van der Waals surface area contributed by atoms with Crippen LogP contribution in [0.15, 0.2) is 10.6 Å². The Bertz CT molecular complexity index is 577. The van der Waals surface area contributed by atoms with Crippen LogP contribution in [0.25, 0.3) is 0 Å². The summed E-state index contributed by atoms with van der Waals surface area (Å²) in [5, 5.41) is 10.5. The van der Waals surface area contributed by atoms with E-state index in [-0.39, 0.29) is 11.9 Å². The van der Waals surface area contributed by atoms with E-state index in [0.29, 0.717) is 17.5 Å². The predicted molar refractivity (Wildman–Crippen MR) is 90.9 cm³/mol. The standard InChI is InChI=1S/C18H28N4O2/c1-12-9-22(10-13-4-6-19-7-5-13)11-16(12)20-18(23)15-8-17(24-21-15)14-2-3-14/h8,12-14,16,19H,2-7,9-11H2,1H3,(H,20,23). The van der Waals surface area contributed by atoms with Crippen LogP contribution in [0.1, 0.15) is 54.8 Å². The van der Waals surface area contributed by atoms with Crippen LogP contribution >= 0.6 is 0 Å². The van der Waals surface area contributed by atoms with Gasteiger partial charge in [-0.25, -0.2) is 0 Å². The topological polar surface area (TPSA) is 70.4 Å². The van der Waals surface area contributed by atoms with Gasteiger partial charge in [-0.05, 0) is 50.6 Å².